The molecule has 1 N–H and O–H groups in total. The maximum absolute atomic E-state index is 11.5. The Morgan fingerprint density at radius 3 is 3.00 bits per heavy atom. The molecule has 1 fully saturated rings. The molecule has 1 aliphatic heterocycles. The van der Waals surface area contributed by atoms with E-state index >= 15 is 0 Å². The van der Waals surface area contributed by atoms with Crippen molar-refractivity contribution in [2.45, 2.75) is 19.4 Å². The third kappa shape index (κ3) is 2.97. The molecule has 4 heteroatoms. The van der Waals surface area contributed by atoms with Crippen molar-refractivity contribution >= 4 is 5.91 Å². The van der Waals surface area contributed by atoms with E-state index in [4.69, 9.17) is 4.74 Å². The number of rotatable bonds is 4. The van der Waals surface area contributed by atoms with Crippen molar-refractivity contribution in [3.05, 3.63) is 0 Å². The van der Waals surface area contributed by atoms with Crippen molar-refractivity contribution in [3.63, 3.8) is 0 Å². The van der Waals surface area contributed by atoms with E-state index in [-0.39, 0.29) is 11.9 Å². The Morgan fingerprint density at radius 2 is 2.46 bits per heavy atom. The zero-order valence-electron chi connectivity index (χ0n) is 8.38. The Morgan fingerprint density at radius 1 is 1.69 bits per heavy atom. The number of nitrogens with zero attached hydrogens (tertiary/aromatic N) is 1. The van der Waals surface area contributed by atoms with Gasteiger partial charge >= 0.3 is 0 Å². The summed E-state index contributed by atoms with van der Waals surface area (Å²) in [4.78, 5) is 13.3. The van der Waals surface area contributed by atoms with Crippen molar-refractivity contribution in [1.29, 1.82) is 0 Å². The minimum atomic E-state index is 0.150. The van der Waals surface area contributed by atoms with Gasteiger partial charge in [-0.15, -0.1) is 0 Å². The van der Waals surface area contributed by atoms with E-state index < -0.39 is 0 Å². The quantitative estimate of drug-likeness (QED) is 0.663. The number of carbonyl (C=O) groups excluding carboxylic acids is 1. The second kappa shape index (κ2) is 5.19. The van der Waals surface area contributed by atoms with Crippen LogP contribution in [-0.2, 0) is 9.53 Å². The molecule has 0 bridgehead atoms. The molecule has 1 unspecified atom stereocenters. The highest BCUT2D eigenvalue weighted by Gasteiger charge is 2.23. The molecule has 4 nitrogen and oxygen atoms in total. The first-order valence-corrected chi connectivity index (χ1v) is 4.79. The van der Waals surface area contributed by atoms with Gasteiger partial charge in [-0.1, -0.05) is 6.92 Å². The van der Waals surface area contributed by atoms with Gasteiger partial charge in [0.15, 0.2) is 0 Å². The molecule has 1 aliphatic rings. The summed E-state index contributed by atoms with van der Waals surface area (Å²) in [6.45, 7) is 4.73. The number of likely N-dealkylation sites (N-methyl/N-ethyl adjacent to an activating group) is 2. The van der Waals surface area contributed by atoms with Gasteiger partial charge in [-0.25, -0.2) is 0 Å². The fourth-order valence-electron chi connectivity index (χ4n) is 1.39. The van der Waals surface area contributed by atoms with Crippen LogP contribution in [0.25, 0.3) is 0 Å². The maximum atomic E-state index is 11.5. The number of hydrogen-bond donors (Lipinski definition) is 1. The Labute approximate surface area is 79.2 Å². The molecule has 13 heavy (non-hydrogen) atoms. The lowest BCUT2D eigenvalue weighted by Crippen LogP contribution is -2.42. The van der Waals surface area contributed by atoms with Crippen LogP contribution in [0.1, 0.15) is 13.3 Å². The number of amides is 1. The molecule has 76 valence electrons. The number of nitrogens with one attached hydrogen (secondary N) is 1. The zero-order chi connectivity index (χ0) is 9.68. The largest absolute Gasteiger partial charge is 0.379 e. The summed E-state index contributed by atoms with van der Waals surface area (Å²) in [7, 11) is 1.85. The average molecular weight is 186 g/mol. The molecular weight excluding hydrogens is 168 g/mol. The van der Waals surface area contributed by atoms with Gasteiger partial charge in [0, 0.05) is 13.7 Å². The van der Waals surface area contributed by atoms with Crippen LogP contribution >= 0.6 is 0 Å². The average Bonchev–Trinajstić information content (AvgIpc) is 2.65. The first-order chi connectivity index (χ1) is 6.25. The van der Waals surface area contributed by atoms with Gasteiger partial charge in [-0.05, 0) is 13.0 Å². The van der Waals surface area contributed by atoms with Crippen molar-refractivity contribution < 1.29 is 9.53 Å². The molecule has 0 aromatic rings. The smallest absolute Gasteiger partial charge is 0.236 e. The van der Waals surface area contributed by atoms with Gasteiger partial charge in [0.25, 0.3) is 0 Å². The second-order valence-corrected chi connectivity index (χ2v) is 3.30. The monoisotopic (exact) mass is 186 g/mol. The van der Waals surface area contributed by atoms with E-state index in [2.05, 4.69) is 5.32 Å². The Kier molecular flexibility index (Phi) is 4.18. The SMILES string of the molecule is CCNCC(=O)N(C)C1CCOC1. The topological polar surface area (TPSA) is 41.6 Å². The van der Waals surface area contributed by atoms with Gasteiger partial charge in [-0.3, -0.25) is 4.79 Å². The van der Waals surface area contributed by atoms with Crippen LogP contribution in [-0.4, -0.2) is 50.2 Å². The van der Waals surface area contributed by atoms with Crippen LogP contribution in [0.4, 0.5) is 0 Å². The van der Waals surface area contributed by atoms with Crippen LogP contribution in [0, 0.1) is 0 Å². The Hall–Kier alpha value is -0.610. The minimum absolute atomic E-state index is 0.150. The maximum Gasteiger partial charge on any atom is 0.236 e. The van der Waals surface area contributed by atoms with Gasteiger partial charge in [0.05, 0.1) is 19.2 Å². The van der Waals surface area contributed by atoms with Gasteiger partial charge in [0.2, 0.25) is 5.91 Å². The third-order valence-electron chi connectivity index (χ3n) is 2.37. The van der Waals surface area contributed by atoms with E-state index in [1.165, 1.54) is 0 Å². The van der Waals surface area contributed by atoms with E-state index in [1.54, 1.807) is 4.90 Å². The van der Waals surface area contributed by atoms with Crippen molar-refractivity contribution in [2.24, 2.45) is 0 Å². The standard InChI is InChI=1S/C9H18N2O2/c1-3-10-6-9(12)11(2)8-4-5-13-7-8/h8,10H,3-7H2,1-2H3. The van der Waals surface area contributed by atoms with E-state index in [9.17, 15) is 4.79 Å². The summed E-state index contributed by atoms with van der Waals surface area (Å²) < 4.78 is 5.22. The Bertz CT molecular complexity index is 167. The van der Waals surface area contributed by atoms with Crippen molar-refractivity contribution in [2.75, 3.05) is 33.4 Å². The summed E-state index contributed by atoms with van der Waals surface area (Å²) in [6.07, 6.45) is 0.967. The fraction of sp³-hybridized carbons (Fsp3) is 0.889. The molecule has 0 spiro atoms. The summed E-state index contributed by atoms with van der Waals surface area (Å²) in [6, 6.07) is 0.283. The lowest BCUT2D eigenvalue weighted by molar-refractivity contribution is -0.131. The van der Waals surface area contributed by atoms with Crippen LogP contribution in [0.5, 0.6) is 0 Å². The molecule has 1 heterocycles. The summed E-state index contributed by atoms with van der Waals surface area (Å²) >= 11 is 0. The molecule has 0 aromatic heterocycles. The molecule has 0 radical (unpaired) electrons. The lowest BCUT2D eigenvalue weighted by Gasteiger charge is -2.23. The predicted octanol–water partition coefficient (Wildman–Crippen LogP) is -0.157. The van der Waals surface area contributed by atoms with E-state index in [0.717, 1.165) is 19.6 Å². The molecular formula is C9H18N2O2. The number of carbonyl (C=O) groups is 1. The second-order valence-electron chi connectivity index (χ2n) is 3.30. The van der Waals surface area contributed by atoms with Gasteiger partial charge < -0.3 is 15.0 Å². The molecule has 1 saturated heterocycles. The van der Waals surface area contributed by atoms with Crippen LogP contribution in [0.2, 0.25) is 0 Å². The van der Waals surface area contributed by atoms with Crippen LogP contribution in [0.15, 0.2) is 0 Å². The van der Waals surface area contributed by atoms with Crippen LogP contribution in [0.3, 0.4) is 0 Å². The molecule has 0 aromatic carbocycles. The minimum Gasteiger partial charge on any atom is -0.379 e. The molecule has 1 amide bonds. The number of hydrogen-bond acceptors (Lipinski definition) is 3. The van der Waals surface area contributed by atoms with Gasteiger partial charge in [-0.2, -0.15) is 0 Å². The van der Waals surface area contributed by atoms with Crippen molar-refractivity contribution in [3.8, 4) is 0 Å². The van der Waals surface area contributed by atoms with Gasteiger partial charge in [0.1, 0.15) is 0 Å². The molecule has 0 aliphatic carbocycles. The zero-order valence-corrected chi connectivity index (χ0v) is 8.38. The Balaban J connectivity index is 2.28. The van der Waals surface area contributed by atoms with E-state index in [1.807, 2.05) is 14.0 Å². The molecule has 1 atom stereocenters. The molecule has 0 saturated carbocycles. The van der Waals surface area contributed by atoms with Crippen molar-refractivity contribution in [1.82, 2.24) is 10.2 Å². The molecule has 1 rings (SSSR count). The highest BCUT2D eigenvalue weighted by molar-refractivity contribution is 5.78. The summed E-state index contributed by atoms with van der Waals surface area (Å²) in [5.41, 5.74) is 0. The third-order valence-corrected chi connectivity index (χ3v) is 2.37. The number of ether oxygens (including phenoxy) is 1. The summed E-state index contributed by atoms with van der Waals surface area (Å²) in [5.74, 6) is 0.150. The predicted molar refractivity (Wildman–Crippen MR) is 50.5 cm³/mol. The van der Waals surface area contributed by atoms with Crippen LogP contribution < -0.4 is 5.32 Å². The normalized spacial score (nSPS) is 21.8. The lowest BCUT2D eigenvalue weighted by atomic mass is 10.2. The van der Waals surface area contributed by atoms with E-state index in [0.29, 0.717) is 13.2 Å². The highest BCUT2D eigenvalue weighted by atomic mass is 16.5. The summed E-state index contributed by atoms with van der Waals surface area (Å²) in [5, 5.41) is 3.02. The first kappa shape index (κ1) is 10.5. The highest BCUT2D eigenvalue weighted by Crippen LogP contribution is 2.09. The first-order valence-electron chi connectivity index (χ1n) is 4.79. The fourth-order valence-corrected chi connectivity index (χ4v) is 1.39.